The summed E-state index contributed by atoms with van der Waals surface area (Å²) in [4.78, 5) is 17.0. The number of nitrogens with zero attached hydrogens (tertiary/aromatic N) is 1. The average molecular weight is 351 g/mol. The van der Waals surface area contributed by atoms with E-state index < -0.39 is 0 Å². The molecule has 23 heavy (non-hydrogen) atoms. The van der Waals surface area contributed by atoms with Crippen LogP contribution in [0.25, 0.3) is 0 Å². The number of rotatable bonds is 5. The Kier molecular flexibility index (Phi) is 5.51. The minimum Gasteiger partial charge on any atom is -0.489 e. The van der Waals surface area contributed by atoms with Crippen LogP contribution >= 0.6 is 22.9 Å². The Morgan fingerprint density at radius 3 is 2.87 bits per heavy atom. The van der Waals surface area contributed by atoms with Gasteiger partial charge in [0, 0.05) is 6.20 Å². The second kappa shape index (κ2) is 7.79. The van der Waals surface area contributed by atoms with Crippen LogP contribution in [0.1, 0.15) is 41.8 Å². The highest BCUT2D eigenvalue weighted by atomic mass is 35.5. The summed E-state index contributed by atoms with van der Waals surface area (Å²) in [5.41, 5.74) is 0. The van der Waals surface area contributed by atoms with Crippen molar-refractivity contribution in [1.82, 2.24) is 4.98 Å². The van der Waals surface area contributed by atoms with Crippen molar-refractivity contribution in [3.63, 3.8) is 0 Å². The lowest BCUT2D eigenvalue weighted by Gasteiger charge is -2.22. The first-order chi connectivity index (χ1) is 11.2. The SMILES string of the molecule is O=C(Nc1ncccc1OCC1CCCCC1)c1ccc(Cl)s1. The van der Waals surface area contributed by atoms with Gasteiger partial charge in [0.15, 0.2) is 11.6 Å². The average Bonchev–Trinajstić information content (AvgIpc) is 3.02. The van der Waals surface area contributed by atoms with Crippen LogP contribution < -0.4 is 10.1 Å². The van der Waals surface area contributed by atoms with Gasteiger partial charge < -0.3 is 10.1 Å². The quantitative estimate of drug-likeness (QED) is 0.824. The summed E-state index contributed by atoms with van der Waals surface area (Å²) in [6.07, 6.45) is 7.97. The van der Waals surface area contributed by atoms with Gasteiger partial charge in [0.25, 0.3) is 5.91 Å². The Morgan fingerprint density at radius 2 is 2.13 bits per heavy atom. The number of amides is 1. The second-order valence-corrected chi connectivity index (χ2v) is 7.44. The van der Waals surface area contributed by atoms with E-state index in [0.29, 0.717) is 33.3 Å². The van der Waals surface area contributed by atoms with Crippen LogP contribution in [0.5, 0.6) is 5.75 Å². The van der Waals surface area contributed by atoms with E-state index in [1.807, 2.05) is 12.1 Å². The summed E-state index contributed by atoms with van der Waals surface area (Å²) in [6, 6.07) is 7.06. The molecule has 6 heteroatoms. The van der Waals surface area contributed by atoms with Gasteiger partial charge in [-0.2, -0.15) is 0 Å². The number of aromatic nitrogens is 1. The monoisotopic (exact) mass is 350 g/mol. The highest BCUT2D eigenvalue weighted by molar-refractivity contribution is 7.18. The Morgan fingerprint density at radius 1 is 1.30 bits per heavy atom. The third-order valence-corrected chi connectivity index (χ3v) is 5.23. The molecule has 0 aliphatic heterocycles. The Labute approximate surface area is 144 Å². The van der Waals surface area contributed by atoms with Gasteiger partial charge in [0.2, 0.25) is 0 Å². The van der Waals surface area contributed by atoms with Crippen molar-refractivity contribution in [3.05, 3.63) is 39.7 Å². The number of pyridine rings is 1. The largest absolute Gasteiger partial charge is 0.489 e. The fourth-order valence-corrected chi connectivity index (χ4v) is 3.71. The fourth-order valence-electron chi connectivity index (χ4n) is 2.77. The molecule has 0 saturated heterocycles. The second-order valence-electron chi connectivity index (χ2n) is 5.72. The molecular weight excluding hydrogens is 332 g/mol. The number of carbonyl (C=O) groups excluding carboxylic acids is 1. The molecule has 2 aromatic rings. The molecule has 2 aromatic heterocycles. The zero-order valence-electron chi connectivity index (χ0n) is 12.8. The number of carbonyl (C=O) groups is 1. The molecule has 0 radical (unpaired) electrons. The summed E-state index contributed by atoms with van der Waals surface area (Å²) in [5.74, 6) is 1.46. The molecule has 0 aromatic carbocycles. The van der Waals surface area contributed by atoms with Crippen LogP contribution in [0.3, 0.4) is 0 Å². The molecule has 1 aliphatic rings. The summed E-state index contributed by atoms with van der Waals surface area (Å²) in [7, 11) is 0. The first kappa shape index (κ1) is 16.3. The third-order valence-electron chi connectivity index (χ3n) is 4.00. The van der Waals surface area contributed by atoms with E-state index in [0.717, 1.165) is 0 Å². The normalized spacial score (nSPS) is 15.3. The highest BCUT2D eigenvalue weighted by Gasteiger charge is 2.16. The van der Waals surface area contributed by atoms with Crippen molar-refractivity contribution in [2.75, 3.05) is 11.9 Å². The highest BCUT2D eigenvalue weighted by Crippen LogP contribution is 2.28. The van der Waals surface area contributed by atoms with E-state index in [2.05, 4.69) is 10.3 Å². The predicted octanol–water partition coefficient (Wildman–Crippen LogP) is 5.01. The van der Waals surface area contributed by atoms with Gasteiger partial charge in [-0.15, -0.1) is 11.3 Å². The van der Waals surface area contributed by atoms with Crippen molar-refractivity contribution in [2.45, 2.75) is 32.1 Å². The Hall–Kier alpha value is -1.59. The molecule has 0 spiro atoms. The fraction of sp³-hybridized carbons (Fsp3) is 0.412. The lowest BCUT2D eigenvalue weighted by molar-refractivity contribution is 0.102. The van der Waals surface area contributed by atoms with Crippen LogP contribution in [0, 0.1) is 5.92 Å². The number of anilines is 1. The summed E-state index contributed by atoms with van der Waals surface area (Å²) >= 11 is 7.11. The smallest absolute Gasteiger partial charge is 0.267 e. The van der Waals surface area contributed by atoms with E-state index in [-0.39, 0.29) is 5.91 Å². The molecule has 1 saturated carbocycles. The van der Waals surface area contributed by atoms with Crippen molar-refractivity contribution >= 4 is 34.7 Å². The first-order valence-electron chi connectivity index (χ1n) is 7.87. The van der Waals surface area contributed by atoms with E-state index in [1.165, 1.54) is 43.4 Å². The zero-order valence-corrected chi connectivity index (χ0v) is 14.3. The van der Waals surface area contributed by atoms with Crippen molar-refractivity contribution < 1.29 is 9.53 Å². The van der Waals surface area contributed by atoms with Crippen LogP contribution in [0.2, 0.25) is 4.34 Å². The van der Waals surface area contributed by atoms with Gasteiger partial charge in [-0.3, -0.25) is 4.79 Å². The summed E-state index contributed by atoms with van der Waals surface area (Å²) in [6.45, 7) is 0.680. The third kappa shape index (κ3) is 4.45. The molecule has 0 unspecified atom stereocenters. The van der Waals surface area contributed by atoms with E-state index in [1.54, 1.807) is 18.3 Å². The predicted molar refractivity (Wildman–Crippen MR) is 93.6 cm³/mol. The molecule has 1 fully saturated rings. The molecule has 2 heterocycles. The van der Waals surface area contributed by atoms with Crippen LogP contribution in [0.15, 0.2) is 30.5 Å². The Bertz CT molecular complexity index is 668. The number of nitrogens with one attached hydrogen (secondary N) is 1. The van der Waals surface area contributed by atoms with Crippen molar-refractivity contribution in [3.8, 4) is 5.75 Å². The summed E-state index contributed by atoms with van der Waals surface area (Å²) in [5, 5.41) is 2.80. The molecule has 4 nitrogen and oxygen atoms in total. The molecule has 122 valence electrons. The summed E-state index contributed by atoms with van der Waals surface area (Å²) < 4.78 is 6.51. The van der Waals surface area contributed by atoms with Gasteiger partial charge in [-0.05, 0) is 43.0 Å². The van der Waals surface area contributed by atoms with Gasteiger partial charge in [0.1, 0.15) is 0 Å². The van der Waals surface area contributed by atoms with Gasteiger partial charge in [0.05, 0.1) is 15.8 Å². The van der Waals surface area contributed by atoms with E-state index in [9.17, 15) is 4.79 Å². The molecular formula is C17H19ClN2O2S. The molecule has 0 bridgehead atoms. The maximum absolute atomic E-state index is 12.2. The number of hydrogen-bond donors (Lipinski definition) is 1. The molecule has 1 amide bonds. The van der Waals surface area contributed by atoms with Gasteiger partial charge in [-0.25, -0.2) is 4.98 Å². The minimum absolute atomic E-state index is 0.219. The zero-order chi connectivity index (χ0) is 16.1. The standard InChI is InChI=1S/C17H19ClN2O2S/c18-15-9-8-14(23-15)17(21)20-16-13(7-4-10-19-16)22-11-12-5-2-1-3-6-12/h4,7-10,12H,1-3,5-6,11H2,(H,19,20,21). The van der Waals surface area contributed by atoms with Gasteiger partial charge >= 0.3 is 0 Å². The van der Waals surface area contributed by atoms with Crippen LogP contribution in [-0.2, 0) is 0 Å². The van der Waals surface area contributed by atoms with Crippen molar-refractivity contribution in [1.29, 1.82) is 0 Å². The minimum atomic E-state index is -0.219. The molecule has 1 N–H and O–H groups in total. The first-order valence-corrected chi connectivity index (χ1v) is 9.06. The van der Waals surface area contributed by atoms with Crippen LogP contribution in [0.4, 0.5) is 5.82 Å². The van der Waals surface area contributed by atoms with E-state index in [4.69, 9.17) is 16.3 Å². The lowest BCUT2D eigenvalue weighted by atomic mass is 9.90. The Balaban J connectivity index is 1.64. The molecule has 3 rings (SSSR count). The molecule has 0 atom stereocenters. The number of halogens is 1. The number of thiophene rings is 1. The van der Waals surface area contributed by atoms with Gasteiger partial charge in [-0.1, -0.05) is 30.9 Å². The topological polar surface area (TPSA) is 51.2 Å². The number of ether oxygens (including phenoxy) is 1. The maximum atomic E-state index is 12.2. The molecule has 1 aliphatic carbocycles. The van der Waals surface area contributed by atoms with Crippen LogP contribution in [-0.4, -0.2) is 17.5 Å². The lowest BCUT2D eigenvalue weighted by Crippen LogP contribution is -2.17. The maximum Gasteiger partial charge on any atom is 0.267 e. The number of hydrogen-bond acceptors (Lipinski definition) is 4. The van der Waals surface area contributed by atoms with Crippen molar-refractivity contribution in [2.24, 2.45) is 5.92 Å². The van der Waals surface area contributed by atoms with E-state index >= 15 is 0 Å².